The van der Waals surface area contributed by atoms with Crippen LogP contribution >= 0.6 is 11.8 Å². The maximum atomic E-state index is 14.4. The van der Waals surface area contributed by atoms with E-state index >= 15 is 0 Å². The Morgan fingerprint density at radius 3 is 2.23 bits per heavy atom. The third-order valence-electron chi connectivity index (χ3n) is 14.2. The van der Waals surface area contributed by atoms with E-state index in [0.29, 0.717) is 67.3 Å². The smallest absolute Gasteiger partial charge is 0.271 e. The number of amides is 4. The molecule has 396 valence electrons. The van der Waals surface area contributed by atoms with E-state index in [1.165, 1.54) is 10.6 Å². The zero-order valence-electron chi connectivity index (χ0n) is 42.3. The van der Waals surface area contributed by atoms with Gasteiger partial charge in [0.15, 0.2) is 0 Å². The van der Waals surface area contributed by atoms with Gasteiger partial charge in [0.1, 0.15) is 42.3 Å². The minimum absolute atomic E-state index is 0.0569. The highest BCUT2D eigenvalue weighted by Gasteiger charge is 2.38. The lowest BCUT2D eigenvalue weighted by molar-refractivity contribution is -0.140. The lowest BCUT2D eigenvalue weighted by Gasteiger charge is -2.39. The quantitative estimate of drug-likeness (QED) is 0.0956. The lowest BCUT2D eigenvalue weighted by Crippen LogP contribution is -2.59. The standard InChI is InChI=1S/C51H69N9O11S2/c1-34(52-2)47(61)56-44(35-8-6-5-7-9-35)50(63)58-22-24-59(25-23-58)51(64)45-43(40-15-12-38(67-4)32-42(40)57(45)3)48(62)53-19-26-68-27-28-69-29-30-70-36-10-13-39(14-11-36)73(65,66)60-20-16-37(17-21-60)71-49-46-41(18-31-72-46)54-33-55-49/h10-15,32-35,37,44,52H,5-9,16-31H2,1-4H3,(H,53,62)(H,56,61)/t34-,44-/m0/s1. The second-order valence-corrected chi connectivity index (χ2v) is 21.8. The summed E-state index contributed by atoms with van der Waals surface area (Å²) in [6, 6.07) is 10.6. The number of fused-ring (bicyclic) bond motifs is 2. The highest BCUT2D eigenvalue weighted by molar-refractivity contribution is 7.99. The van der Waals surface area contributed by atoms with Crippen molar-refractivity contribution >= 4 is 56.3 Å². The Hall–Kier alpha value is -5.52. The molecular weight excluding hydrogens is 979 g/mol. The molecule has 0 radical (unpaired) electrons. The Labute approximate surface area is 431 Å². The molecule has 2 aromatic heterocycles. The predicted octanol–water partition coefficient (Wildman–Crippen LogP) is 3.66. The minimum atomic E-state index is -3.69. The zero-order valence-corrected chi connectivity index (χ0v) is 43.9. The number of sulfonamides is 1. The third-order valence-corrected chi connectivity index (χ3v) is 17.2. The molecule has 2 aromatic carbocycles. The Balaban J connectivity index is 0.756. The minimum Gasteiger partial charge on any atom is -0.497 e. The Bertz CT molecular complexity index is 2670. The fourth-order valence-electron chi connectivity index (χ4n) is 9.88. The SMILES string of the molecule is CN[C@@H](C)C(=O)N[C@H](C(=O)N1CCN(C(=O)c2c(C(=O)NCCOCCOCCOc3ccc(S(=O)(=O)N4CCC(Oc5ncnc6c5SCC6)CC4)cc3)c3ccc(OC)cc3n2C)CC1)C1CCCCC1. The van der Waals surface area contributed by atoms with E-state index in [1.54, 1.807) is 96.7 Å². The summed E-state index contributed by atoms with van der Waals surface area (Å²) in [5, 5.41) is 9.51. The molecule has 0 bridgehead atoms. The van der Waals surface area contributed by atoms with Crippen molar-refractivity contribution in [1.29, 1.82) is 0 Å². The number of piperidine rings is 1. The number of hydrogen-bond donors (Lipinski definition) is 3. The molecule has 73 heavy (non-hydrogen) atoms. The topological polar surface area (TPSA) is 225 Å². The van der Waals surface area contributed by atoms with Crippen LogP contribution in [0.1, 0.15) is 78.4 Å². The van der Waals surface area contributed by atoms with Gasteiger partial charge < -0.3 is 54.0 Å². The van der Waals surface area contributed by atoms with Gasteiger partial charge in [-0.25, -0.2) is 18.4 Å². The van der Waals surface area contributed by atoms with Crippen LogP contribution in [0.25, 0.3) is 10.9 Å². The van der Waals surface area contributed by atoms with Crippen LogP contribution in [0.2, 0.25) is 0 Å². The average molecular weight is 1050 g/mol. The van der Waals surface area contributed by atoms with Crippen molar-refractivity contribution in [3.63, 3.8) is 0 Å². The number of aromatic nitrogens is 3. The number of methoxy groups -OCH3 is 1. The van der Waals surface area contributed by atoms with Crippen LogP contribution in [0.5, 0.6) is 17.4 Å². The molecule has 3 N–H and O–H groups in total. The first-order chi connectivity index (χ1) is 35.4. The van der Waals surface area contributed by atoms with Crippen molar-refractivity contribution in [3.05, 3.63) is 65.7 Å². The van der Waals surface area contributed by atoms with Crippen molar-refractivity contribution in [1.82, 2.24) is 44.6 Å². The summed E-state index contributed by atoms with van der Waals surface area (Å²) >= 11 is 1.70. The molecule has 0 unspecified atom stereocenters. The summed E-state index contributed by atoms with van der Waals surface area (Å²) in [7, 11) is 1.33. The first-order valence-corrected chi connectivity index (χ1v) is 27.8. The predicted molar refractivity (Wildman–Crippen MR) is 274 cm³/mol. The highest BCUT2D eigenvalue weighted by Crippen LogP contribution is 2.37. The van der Waals surface area contributed by atoms with Gasteiger partial charge >= 0.3 is 0 Å². The largest absolute Gasteiger partial charge is 0.497 e. The molecule has 1 aliphatic carbocycles. The normalized spacial score (nSPS) is 17.8. The Morgan fingerprint density at radius 1 is 0.836 bits per heavy atom. The molecule has 8 rings (SSSR count). The number of rotatable bonds is 22. The van der Waals surface area contributed by atoms with Gasteiger partial charge in [0.25, 0.3) is 11.8 Å². The first kappa shape index (κ1) is 53.8. The van der Waals surface area contributed by atoms with Gasteiger partial charge in [-0.15, -0.1) is 11.8 Å². The molecular formula is C51H69N9O11S2. The molecule has 5 heterocycles. The second-order valence-electron chi connectivity index (χ2n) is 18.8. The van der Waals surface area contributed by atoms with Crippen LogP contribution in [0, 0.1) is 5.92 Å². The van der Waals surface area contributed by atoms with E-state index in [2.05, 4.69) is 25.9 Å². The first-order valence-electron chi connectivity index (χ1n) is 25.4. The van der Waals surface area contributed by atoms with E-state index in [-0.39, 0.29) is 98.6 Å². The fraction of sp³-hybridized carbons (Fsp3) is 0.569. The maximum Gasteiger partial charge on any atom is 0.271 e. The lowest BCUT2D eigenvalue weighted by atomic mass is 9.83. The van der Waals surface area contributed by atoms with E-state index in [1.807, 2.05) is 0 Å². The molecule has 3 aliphatic heterocycles. The molecule has 1 saturated carbocycles. The number of carbonyl (C=O) groups excluding carboxylic acids is 4. The molecule has 2 saturated heterocycles. The van der Waals surface area contributed by atoms with Gasteiger partial charge in [0.2, 0.25) is 27.7 Å². The van der Waals surface area contributed by atoms with Crippen molar-refractivity contribution in [2.75, 3.05) is 98.8 Å². The highest BCUT2D eigenvalue weighted by atomic mass is 32.2. The summed E-state index contributed by atoms with van der Waals surface area (Å²) in [5.74, 6) is 1.62. The summed E-state index contributed by atoms with van der Waals surface area (Å²) in [5.41, 5.74) is 2.13. The number of thioether (sulfide) groups is 1. The van der Waals surface area contributed by atoms with Gasteiger partial charge in [-0.2, -0.15) is 4.31 Å². The Kier molecular flexibility index (Phi) is 18.5. The number of ether oxygens (including phenoxy) is 5. The maximum absolute atomic E-state index is 14.4. The van der Waals surface area contributed by atoms with Crippen LogP contribution in [0.4, 0.5) is 0 Å². The molecule has 22 heteroatoms. The second kappa shape index (κ2) is 25.1. The van der Waals surface area contributed by atoms with Crippen molar-refractivity contribution in [2.45, 2.75) is 86.3 Å². The summed E-state index contributed by atoms with van der Waals surface area (Å²) in [6.45, 7) is 5.03. The van der Waals surface area contributed by atoms with Gasteiger partial charge in [0.05, 0.1) is 66.1 Å². The number of carbonyl (C=O) groups is 4. The van der Waals surface area contributed by atoms with Gasteiger partial charge in [-0.05, 0) is 82.0 Å². The number of hydrogen-bond acceptors (Lipinski definition) is 15. The number of piperazine rings is 1. The number of likely N-dealkylation sites (N-methyl/N-ethyl adjacent to an activating group) is 1. The van der Waals surface area contributed by atoms with Crippen LogP contribution < -0.4 is 30.2 Å². The Morgan fingerprint density at radius 2 is 1.52 bits per heavy atom. The van der Waals surface area contributed by atoms with E-state index in [9.17, 15) is 27.6 Å². The molecule has 4 amide bonds. The molecule has 4 aromatic rings. The van der Waals surface area contributed by atoms with Crippen LogP contribution in [-0.2, 0) is 42.6 Å². The average Bonchev–Trinajstić information content (AvgIpc) is 4.03. The monoisotopic (exact) mass is 1050 g/mol. The zero-order chi connectivity index (χ0) is 51.5. The van der Waals surface area contributed by atoms with Gasteiger partial charge in [-0.3, -0.25) is 19.2 Å². The molecule has 2 atom stereocenters. The number of aryl methyl sites for hydroxylation is 2. The van der Waals surface area contributed by atoms with Gasteiger partial charge in [-0.1, -0.05) is 19.3 Å². The van der Waals surface area contributed by atoms with E-state index in [4.69, 9.17) is 23.7 Å². The van der Waals surface area contributed by atoms with Crippen LogP contribution in [-0.4, -0.2) is 178 Å². The van der Waals surface area contributed by atoms with E-state index in [0.717, 1.165) is 54.9 Å². The summed E-state index contributed by atoms with van der Waals surface area (Å²) < 4.78 is 59.0. The third kappa shape index (κ3) is 12.9. The fourth-order valence-corrected chi connectivity index (χ4v) is 12.4. The van der Waals surface area contributed by atoms with Crippen molar-refractivity contribution < 1.29 is 51.3 Å². The van der Waals surface area contributed by atoms with Gasteiger partial charge in [0, 0.05) is 76.5 Å². The van der Waals surface area contributed by atoms with E-state index < -0.39 is 28.0 Å². The molecule has 20 nitrogen and oxygen atoms in total. The van der Waals surface area contributed by atoms with Crippen molar-refractivity contribution in [2.24, 2.45) is 13.0 Å². The summed E-state index contributed by atoms with van der Waals surface area (Å²) in [4.78, 5) is 68.7. The number of benzene rings is 2. The molecule has 4 aliphatic rings. The molecule has 0 spiro atoms. The van der Waals surface area contributed by atoms with Crippen LogP contribution in [0.3, 0.4) is 0 Å². The summed E-state index contributed by atoms with van der Waals surface area (Å²) in [6.07, 6.45) is 8.35. The van der Waals surface area contributed by atoms with Crippen LogP contribution in [0.15, 0.2) is 58.6 Å². The molecule has 3 fully saturated rings. The number of nitrogens with zero attached hydrogens (tertiary/aromatic N) is 6. The van der Waals surface area contributed by atoms with Crippen molar-refractivity contribution in [3.8, 4) is 17.4 Å². The number of nitrogens with one attached hydrogen (secondary N) is 3.